The quantitative estimate of drug-likeness (QED) is 0.783. The lowest BCUT2D eigenvalue weighted by Crippen LogP contribution is -2.28. The third kappa shape index (κ3) is 3.96. The van der Waals surface area contributed by atoms with Crippen LogP contribution in [0.1, 0.15) is 25.8 Å². The summed E-state index contributed by atoms with van der Waals surface area (Å²) in [7, 11) is 0. The van der Waals surface area contributed by atoms with E-state index in [4.69, 9.17) is 0 Å². The zero-order valence-electron chi connectivity index (χ0n) is 14.8. The minimum absolute atomic E-state index is 0.0173. The summed E-state index contributed by atoms with van der Waals surface area (Å²) in [4.78, 5) is 28.3. The maximum atomic E-state index is 12.5. The third-order valence-corrected chi connectivity index (χ3v) is 4.53. The molecule has 0 aromatic heterocycles. The van der Waals surface area contributed by atoms with Gasteiger partial charge in [0.1, 0.15) is 0 Å². The Kier molecular flexibility index (Phi) is 6.01. The molecule has 1 N–H and O–H groups in total. The Morgan fingerprint density at radius 2 is 2.12 bits per heavy atom. The van der Waals surface area contributed by atoms with Crippen molar-refractivity contribution in [2.24, 2.45) is 5.92 Å². The lowest BCUT2D eigenvalue weighted by molar-refractivity contribution is -0.127. The summed E-state index contributed by atoms with van der Waals surface area (Å²) in [6.45, 7) is 12.8. The molecule has 0 radical (unpaired) electrons. The Morgan fingerprint density at radius 1 is 1.42 bits per heavy atom. The van der Waals surface area contributed by atoms with Crippen molar-refractivity contribution in [2.75, 3.05) is 36.4 Å². The van der Waals surface area contributed by atoms with E-state index in [0.29, 0.717) is 13.1 Å². The van der Waals surface area contributed by atoms with Crippen LogP contribution in [-0.2, 0) is 9.59 Å². The highest BCUT2D eigenvalue weighted by Crippen LogP contribution is 2.25. The van der Waals surface area contributed by atoms with Gasteiger partial charge in [0.2, 0.25) is 11.8 Å². The number of aryl methyl sites for hydroxylation is 1. The number of nitrogens with one attached hydrogen (secondary N) is 1. The van der Waals surface area contributed by atoms with Crippen molar-refractivity contribution >= 4 is 23.2 Å². The molecule has 130 valence electrons. The van der Waals surface area contributed by atoms with Crippen LogP contribution < -0.4 is 10.2 Å². The maximum absolute atomic E-state index is 12.5. The molecule has 24 heavy (non-hydrogen) atoms. The van der Waals surface area contributed by atoms with Gasteiger partial charge < -0.3 is 15.1 Å². The molecule has 1 unspecified atom stereocenters. The number of benzene rings is 1. The van der Waals surface area contributed by atoms with Gasteiger partial charge in [0.25, 0.3) is 0 Å². The second-order valence-electron chi connectivity index (χ2n) is 6.15. The van der Waals surface area contributed by atoms with Crippen LogP contribution in [0.3, 0.4) is 0 Å². The first kappa shape index (κ1) is 18.0. The van der Waals surface area contributed by atoms with Crippen LogP contribution in [0.4, 0.5) is 11.4 Å². The van der Waals surface area contributed by atoms with E-state index in [-0.39, 0.29) is 24.2 Å². The molecule has 0 bridgehead atoms. The third-order valence-electron chi connectivity index (χ3n) is 4.53. The molecule has 0 spiro atoms. The number of likely N-dealkylation sites (tertiary alicyclic amines) is 1. The molecule has 1 saturated heterocycles. The fourth-order valence-corrected chi connectivity index (χ4v) is 3.09. The molecule has 5 heteroatoms. The second kappa shape index (κ2) is 7.99. The van der Waals surface area contributed by atoms with Crippen LogP contribution in [-0.4, -0.2) is 42.9 Å². The molecule has 1 fully saturated rings. The SMILES string of the molecule is C=CCN1CC(C(=O)Nc2ccc(N(CC)CC)cc2C)CC1=O. The monoisotopic (exact) mass is 329 g/mol. The number of anilines is 2. The maximum Gasteiger partial charge on any atom is 0.229 e. The molecule has 1 heterocycles. The van der Waals surface area contributed by atoms with E-state index in [1.165, 1.54) is 0 Å². The van der Waals surface area contributed by atoms with Crippen LogP contribution in [0.15, 0.2) is 30.9 Å². The van der Waals surface area contributed by atoms with Crippen LogP contribution in [0, 0.1) is 12.8 Å². The molecule has 1 aliphatic heterocycles. The van der Waals surface area contributed by atoms with Gasteiger partial charge in [0.05, 0.1) is 5.92 Å². The number of hydrogen-bond acceptors (Lipinski definition) is 3. The van der Waals surface area contributed by atoms with Gasteiger partial charge >= 0.3 is 0 Å². The summed E-state index contributed by atoms with van der Waals surface area (Å²) in [6, 6.07) is 6.06. The van der Waals surface area contributed by atoms with E-state index >= 15 is 0 Å². The fraction of sp³-hybridized carbons (Fsp3) is 0.474. The largest absolute Gasteiger partial charge is 0.372 e. The van der Waals surface area contributed by atoms with E-state index in [1.807, 2.05) is 19.1 Å². The predicted molar refractivity (Wildman–Crippen MR) is 98.3 cm³/mol. The molecular formula is C19H27N3O2. The molecule has 1 aromatic carbocycles. The fourth-order valence-electron chi connectivity index (χ4n) is 3.09. The van der Waals surface area contributed by atoms with Crippen LogP contribution >= 0.6 is 0 Å². The minimum atomic E-state index is -0.292. The first-order valence-corrected chi connectivity index (χ1v) is 8.55. The summed E-state index contributed by atoms with van der Waals surface area (Å²) < 4.78 is 0. The van der Waals surface area contributed by atoms with E-state index in [9.17, 15) is 9.59 Å². The lowest BCUT2D eigenvalue weighted by atomic mass is 10.1. The van der Waals surface area contributed by atoms with Crippen LogP contribution in [0.25, 0.3) is 0 Å². The molecule has 5 nitrogen and oxygen atoms in total. The van der Waals surface area contributed by atoms with Crippen molar-refractivity contribution in [1.82, 2.24) is 4.90 Å². The van der Waals surface area contributed by atoms with Gasteiger partial charge in [-0.25, -0.2) is 0 Å². The zero-order valence-corrected chi connectivity index (χ0v) is 14.8. The van der Waals surface area contributed by atoms with Crippen molar-refractivity contribution in [2.45, 2.75) is 27.2 Å². The summed E-state index contributed by atoms with van der Waals surface area (Å²) in [5, 5.41) is 2.98. The number of rotatable bonds is 7. The Labute approximate surface area is 144 Å². The van der Waals surface area contributed by atoms with Crippen LogP contribution in [0.5, 0.6) is 0 Å². The van der Waals surface area contributed by atoms with Crippen molar-refractivity contribution in [1.29, 1.82) is 0 Å². The van der Waals surface area contributed by atoms with Crippen molar-refractivity contribution < 1.29 is 9.59 Å². The molecule has 0 aliphatic carbocycles. The topological polar surface area (TPSA) is 52.7 Å². The molecule has 0 saturated carbocycles. The smallest absolute Gasteiger partial charge is 0.229 e. The number of amides is 2. The molecule has 1 atom stereocenters. The molecular weight excluding hydrogens is 302 g/mol. The van der Waals surface area contributed by atoms with Gasteiger partial charge in [-0.3, -0.25) is 9.59 Å². The Balaban J connectivity index is 2.04. The number of nitrogens with zero attached hydrogens (tertiary/aromatic N) is 2. The molecule has 1 aromatic rings. The standard InChI is InChI=1S/C19H27N3O2/c1-5-10-22-13-15(12-18(22)23)19(24)20-17-9-8-16(11-14(17)4)21(6-2)7-3/h5,8-9,11,15H,1,6-7,10,12-13H2,2-4H3,(H,20,24). The molecule has 2 rings (SSSR count). The number of hydrogen-bond donors (Lipinski definition) is 1. The molecule has 1 aliphatic rings. The first-order chi connectivity index (χ1) is 11.5. The Hall–Kier alpha value is -2.30. The van der Waals surface area contributed by atoms with E-state index in [0.717, 1.165) is 30.0 Å². The summed E-state index contributed by atoms with van der Waals surface area (Å²) >= 11 is 0. The lowest BCUT2D eigenvalue weighted by Gasteiger charge is -2.22. The highest BCUT2D eigenvalue weighted by Gasteiger charge is 2.33. The average Bonchev–Trinajstić information content (AvgIpc) is 2.92. The first-order valence-electron chi connectivity index (χ1n) is 8.55. The highest BCUT2D eigenvalue weighted by atomic mass is 16.2. The zero-order chi connectivity index (χ0) is 17.7. The number of carbonyl (C=O) groups excluding carboxylic acids is 2. The Bertz CT molecular complexity index is 623. The second-order valence-corrected chi connectivity index (χ2v) is 6.15. The normalized spacial score (nSPS) is 17.0. The van der Waals surface area contributed by atoms with Gasteiger partial charge in [-0.1, -0.05) is 6.08 Å². The number of carbonyl (C=O) groups is 2. The van der Waals surface area contributed by atoms with Gasteiger partial charge in [-0.2, -0.15) is 0 Å². The van der Waals surface area contributed by atoms with Gasteiger partial charge in [-0.15, -0.1) is 6.58 Å². The average molecular weight is 329 g/mol. The van der Waals surface area contributed by atoms with Crippen LogP contribution in [0.2, 0.25) is 0 Å². The van der Waals surface area contributed by atoms with Crippen molar-refractivity contribution in [3.05, 3.63) is 36.4 Å². The summed E-state index contributed by atoms with van der Waals surface area (Å²) in [5.74, 6) is -0.364. The minimum Gasteiger partial charge on any atom is -0.372 e. The van der Waals surface area contributed by atoms with Crippen molar-refractivity contribution in [3.8, 4) is 0 Å². The van der Waals surface area contributed by atoms with Gasteiger partial charge in [0.15, 0.2) is 0 Å². The summed E-state index contributed by atoms with van der Waals surface area (Å²) in [6.07, 6.45) is 1.96. The van der Waals surface area contributed by atoms with E-state index < -0.39 is 0 Å². The van der Waals surface area contributed by atoms with Crippen molar-refractivity contribution in [3.63, 3.8) is 0 Å². The van der Waals surface area contributed by atoms with Gasteiger partial charge in [-0.05, 0) is 44.5 Å². The van der Waals surface area contributed by atoms with E-state index in [2.05, 4.69) is 36.7 Å². The van der Waals surface area contributed by atoms with E-state index in [1.54, 1.807) is 11.0 Å². The predicted octanol–water partition coefficient (Wildman–Crippen LogP) is 2.81. The van der Waals surface area contributed by atoms with Gasteiger partial charge in [0, 0.05) is 44.0 Å². The summed E-state index contributed by atoms with van der Waals surface area (Å²) in [5.41, 5.74) is 2.99. The Morgan fingerprint density at radius 3 is 2.71 bits per heavy atom. The highest BCUT2D eigenvalue weighted by molar-refractivity contribution is 5.97. The molecule has 2 amide bonds.